The highest BCUT2D eigenvalue weighted by Crippen LogP contribution is 2.57. The van der Waals surface area contributed by atoms with Crippen molar-refractivity contribution in [1.29, 1.82) is 0 Å². The van der Waals surface area contributed by atoms with Gasteiger partial charge in [-0.1, -0.05) is 11.6 Å². The van der Waals surface area contributed by atoms with Gasteiger partial charge in [0.2, 0.25) is 11.7 Å². The van der Waals surface area contributed by atoms with E-state index in [-0.39, 0.29) is 47.4 Å². The van der Waals surface area contributed by atoms with Crippen molar-refractivity contribution in [1.82, 2.24) is 0 Å². The third-order valence-electron chi connectivity index (χ3n) is 6.72. The largest absolute Gasteiger partial charge is 0.483 e. The lowest BCUT2D eigenvalue weighted by atomic mass is 9.79. The summed E-state index contributed by atoms with van der Waals surface area (Å²) in [6.45, 7) is 1.69. The highest BCUT2D eigenvalue weighted by Gasteiger charge is 2.63. The topological polar surface area (TPSA) is 81.7 Å². The third kappa shape index (κ3) is 3.59. The standard InChI is InChI=1S/C24H22ClNO5/c1-12(22(27)13-2-4-15(25)5-3-13)30-17-8-6-16(7-9-17)26-23(28)20-14-10-18-19(11-14)31-24(29)21(18)20/h2-9,12,14,18-21H,10-11H2,1H3,(H,26,28)/t12-,14+,18-,19-,20+,21-/m0/s1. The molecule has 6 atom stereocenters. The summed E-state index contributed by atoms with van der Waals surface area (Å²) < 4.78 is 11.2. The van der Waals surface area contributed by atoms with Crippen LogP contribution >= 0.6 is 11.6 Å². The molecule has 1 heterocycles. The summed E-state index contributed by atoms with van der Waals surface area (Å²) in [4.78, 5) is 37.5. The van der Waals surface area contributed by atoms with Crippen LogP contribution in [0.4, 0.5) is 5.69 Å². The van der Waals surface area contributed by atoms with Crippen LogP contribution in [0.3, 0.4) is 0 Å². The van der Waals surface area contributed by atoms with Crippen molar-refractivity contribution in [2.24, 2.45) is 23.7 Å². The van der Waals surface area contributed by atoms with E-state index < -0.39 is 6.10 Å². The number of halogens is 1. The molecule has 0 unspecified atom stereocenters. The summed E-state index contributed by atoms with van der Waals surface area (Å²) >= 11 is 5.87. The van der Waals surface area contributed by atoms with Crippen LogP contribution in [0.2, 0.25) is 5.02 Å². The van der Waals surface area contributed by atoms with Gasteiger partial charge in [0.05, 0.1) is 11.8 Å². The molecule has 5 rings (SSSR count). The smallest absolute Gasteiger partial charge is 0.310 e. The predicted octanol–water partition coefficient (Wildman–Crippen LogP) is 4.13. The molecule has 2 aromatic rings. The Hall–Kier alpha value is -2.86. The minimum Gasteiger partial charge on any atom is -0.483 e. The van der Waals surface area contributed by atoms with Crippen LogP contribution in [0.5, 0.6) is 5.75 Å². The summed E-state index contributed by atoms with van der Waals surface area (Å²) in [5, 5.41) is 3.49. The van der Waals surface area contributed by atoms with Crippen LogP contribution < -0.4 is 10.1 Å². The third-order valence-corrected chi connectivity index (χ3v) is 6.97. The quantitative estimate of drug-likeness (QED) is 0.540. The molecule has 6 nitrogen and oxygen atoms in total. The average Bonchev–Trinajstić information content (AvgIpc) is 3.38. The Morgan fingerprint density at radius 2 is 1.81 bits per heavy atom. The molecular weight excluding hydrogens is 418 g/mol. The van der Waals surface area contributed by atoms with E-state index in [0.717, 1.165) is 12.8 Å². The molecule has 2 aliphatic carbocycles. The summed E-state index contributed by atoms with van der Waals surface area (Å²) in [6.07, 6.45) is 1.03. The van der Waals surface area contributed by atoms with Crippen molar-refractivity contribution in [2.45, 2.75) is 32.0 Å². The maximum Gasteiger partial charge on any atom is 0.310 e. The number of rotatable bonds is 6. The van der Waals surface area contributed by atoms with Crippen molar-refractivity contribution in [3.8, 4) is 5.75 Å². The Bertz CT molecular complexity index is 1030. The van der Waals surface area contributed by atoms with E-state index >= 15 is 0 Å². The number of ketones is 1. The van der Waals surface area contributed by atoms with Gasteiger partial charge < -0.3 is 14.8 Å². The zero-order chi connectivity index (χ0) is 21.7. The summed E-state index contributed by atoms with van der Waals surface area (Å²) in [5.41, 5.74) is 1.15. The van der Waals surface area contributed by atoms with E-state index in [0.29, 0.717) is 22.0 Å². The number of anilines is 1. The molecule has 2 saturated carbocycles. The van der Waals surface area contributed by atoms with Gasteiger partial charge in [-0.15, -0.1) is 0 Å². The fourth-order valence-corrected chi connectivity index (χ4v) is 5.44. The fourth-order valence-electron chi connectivity index (χ4n) is 5.31. The lowest BCUT2D eigenvalue weighted by molar-refractivity contribution is -0.145. The molecule has 1 saturated heterocycles. The van der Waals surface area contributed by atoms with Gasteiger partial charge in [0, 0.05) is 22.2 Å². The first-order valence-electron chi connectivity index (χ1n) is 10.5. The number of Topliss-reactive ketones (excluding diaryl/α,β-unsaturated/α-hetero) is 1. The molecule has 2 aromatic carbocycles. The highest BCUT2D eigenvalue weighted by molar-refractivity contribution is 6.30. The Morgan fingerprint density at radius 3 is 2.52 bits per heavy atom. The van der Waals surface area contributed by atoms with Gasteiger partial charge in [0.25, 0.3) is 0 Å². The van der Waals surface area contributed by atoms with Crippen LogP contribution in [0.1, 0.15) is 30.1 Å². The Morgan fingerprint density at radius 1 is 1.10 bits per heavy atom. The second-order valence-corrected chi connectivity index (χ2v) is 9.00. The highest BCUT2D eigenvalue weighted by atomic mass is 35.5. The van der Waals surface area contributed by atoms with Crippen LogP contribution in [0, 0.1) is 23.7 Å². The van der Waals surface area contributed by atoms with Crippen molar-refractivity contribution >= 4 is 34.9 Å². The van der Waals surface area contributed by atoms with Crippen LogP contribution in [-0.2, 0) is 14.3 Å². The van der Waals surface area contributed by atoms with Crippen LogP contribution in [0.25, 0.3) is 0 Å². The lowest BCUT2D eigenvalue weighted by Gasteiger charge is -2.23. The normalized spacial score (nSPS) is 28.8. The molecule has 7 heteroatoms. The number of carbonyl (C=O) groups is 3. The number of nitrogens with one attached hydrogen (secondary N) is 1. The van der Waals surface area contributed by atoms with Crippen molar-refractivity contribution in [2.75, 3.05) is 5.32 Å². The molecule has 0 radical (unpaired) electrons. The van der Waals surface area contributed by atoms with Gasteiger partial charge in [0.15, 0.2) is 6.10 Å². The van der Waals surface area contributed by atoms with E-state index in [1.165, 1.54) is 0 Å². The Kier molecular flexibility index (Phi) is 4.97. The zero-order valence-corrected chi connectivity index (χ0v) is 17.7. The number of esters is 1. The second kappa shape index (κ2) is 7.68. The zero-order valence-electron chi connectivity index (χ0n) is 16.9. The van der Waals surface area contributed by atoms with Crippen LogP contribution in [0.15, 0.2) is 48.5 Å². The summed E-state index contributed by atoms with van der Waals surface area (Å²) in [5.74, 6) is -0.178. The van der Waals surface area contributed by atoms with Gasteiger partial charge in [0.1, 0.15) is 11.9 Å². The molecule has 0 aromatic heterocycles. The number of ether oxygens (including phenoxy) is 2. The lowest BCUT2D eigenvalue weighted by Crippen LogP contribution is -2.35. The molecule has 2 bridgehead atoms. The number of benzene rings is 2. The first-order valence-corrected chi connectivity index (χ1v) is 10.9. The molecular formula is C24H22ClNO5. The molecule has 0 spiro atoms. The average molecular weight is 440 g/mol. The monoisotopic (exact) mass is 439 g/mol. The Labute approximate surface area is 184 Å². The predicted molar refractivity (Wildman–Crippen MR) is 114 cm³/mol. The first kappa shape index (κ1) is 20.1. The minimum absolute atomic E-state index is 0.0144. The molecule has 31 heavy (non-hydrogen) atoms. The molecule has 1 aliphatic heterocycles. The van der Waals surface area contributed by atoms with Crippen LogP contribution in [-0.4, -0.2) is 29.9 Å². The molecule has 1 N–H and O–H groups in total. The number of fused-ring (bicyclic) bond motifs is 1. The van der Waals surface area contributed by atoms with Gasteiger partial charge in [-0.05, 0) is 74.2 Å². The number of amides is 1. The molecule has 160 valence electrons. The van der Waals surface area contributed by atoms with E-state index in [1.54, 1.807) is 55.5 Å². The van der Waals surface area contributed by atoms with E-state index in [1.807, 2.05) is 0 Å². The fraction of sp³-hybridized carbons (Fsp3) is 0.375. The second-order valence-electron chi connectivity index (χ2n) is 8.57. The van der Waals surface area contributed by atoms with E-state index in [9.17, 15) is 14.4 Å². The van der Waals surface area contributed by atoms with E-state index in [2.05, 4.69) is 5.32 Å². The maximum absolute atomic E-state index is 12.9. The van der Waals surface area contributed by atoms with Gasteiger partial charge in [-0.3, -0.25) is 14.4 Å². The van der Waals surface area contributed by atoms with Crippen molar-refractivity contribution in [3.05, 3.63) is 59.1 Å². The summed E-state index contributed by atoms with van der Waals surface area (Å²) in [7, 11) is 0. The number of carbonyl (C=O) groups excluding carboxylic acids is 3. The molecule has 3 fully saturated rings. The van der Waals surface area contributed by atoms with Crippen molar-refractivity contribution in [3.63, 3.8) is 0 Å². The van der Waals surface area contributed by atoms with E-state index in [4.69, 9.17) is 21.1 Å². The van der Waals surface area contributed by atoms with Crippen molar-refractivity contribution < 1.29 is 23.9 Å². The van der Waals surface area contributed by atoms with Gasteiger partial charge in [-0.25, -0.2) is 0 Å². The molecule has 3 aliphatic rings. The molecule has 1 amide bonds. The van der Waals surface area contributed by atoms with Gasteiger partial charge in [-0.2, -0.15) is 0 Å². The van der Waals surface area contributed by atoms with Gasteiger partial charge >= 0.3 is 5.97 Å². The minimum atomic E-state index is -0.669. The SMILES string of the molecule is C[C@H](Oc1ccc(NC(=O)[C@@H]2[C@@H]3C[C@@H]4[C@@H]2C(=O)O[C@H]4C3)cc1)C(=O)c1ccc(Cl)cc1. The maximum atomic E-state index is 12.9. The first-order chi connectivity index (χ1) is 14.9. The number of hydrogen-bond donors (Lipinski definition) is 1. The summed E-state index contributed by atoms with van der Waals surface area (Å²) in [6, 6.07) is 13.6. The number of hydrogen-bond acceptors (Lipinski definition) is 5. The Balaban J connectivity index is 1.20.